The van der Waals surface area contributed by atoms with E-state index in [1.54, 1.807) is 13.8 Å². The Morgan fingerprint density at radius 3 is 2.19 bits per heavy atom. The average Bonchev–Trinajstić information content (AvgIpc) is 2.78. The number of hydrogen-bond donors (Lipinski definition) is 5. The summed E-state index contributed by atoms with van der Waals surface area (Å²) in [5, 5.41) is 8.60. The number of guanidine groups is 1. The summed E-state index contributed by atoms with van der Waals surface area (Å²) >= 11 is 0. The van der Waals surface area contributed by atoms with Gasteiger partial charge in [0.15, 0.2) is 5.96 Å². The molecule has 178 valence electrons. The molecule has 1 atom stereocenters. The highest BCUT2D eigenvalue weighted by Crippen LogP contribution is 2.17. The van der Waals surface area contributed by atoms with Crippen LogP contribution in [0.5, 0.6) is 0 Å². The second-order valence-electron chi connectivity index (χ2n) is 8.11. The maximum absolute atomic E-state index is 13.2. The summed E-state index contributed by atoms with van der Waals surface area (Å²) in [6, 6.07) is 8.72. The fraction of sp³-hybridized carbons (Fsp3) is 0.565. The van der Waals surface area contributed by atoms with Crippen LogP contribution in [0.1, 0.15) is 58.9 Å². The quantitative estimate of drug-likeness (QED) is 0.175. The Balaban J connectivity index is 2.95. The number of nitrogens with zero attached hydrogens (tertiary/aromatic N) is 1. The Kier molecular flexibility index (Phi) is 11.2. The normalized spacial score (nSPS) is 12.0. The summed E-state index contributed by atoms with van der Waals surface area (Å²) in [5.74, 6) is -1.17. The van der Waals surface area contributed by atoms with Crippen LogP contribution < -0.4 is 27.4 Å². The third-order valence-electron chi connectivity index (χ3n) is 5.41. The van der Waals surface area contributed by atoms with E-state index in [0.717, 1.165) is 5.56 Å². The molecule has 0 radical (unpaired) electrons. The van der Waals surface area contributed by atoms with Crippen LogP contribution in [0.15, 0.2) is 35.3 Å². The molecule has 1 aromatic carbocycles. The molecule has 7 N–H and O–H groups in total. The predicted molar refractivity (Wildman–Crippen MR) is 126 cm³/mol. The molecule has 0 aromatic heterocycles. The number of carbonyl (C=O) groups excluding carboxylic acids is 3. The molecule has 0 saturated heterocycles. The van der Waals surface area contributed by atoms with E-state index < -0.39 is 11.6 Å². The number of nitrogens with one attached hydrogen (secondary N) is 3. The largest absolute Gasteiger partial charge is 0.370 e. The highest BCUT2D eigenvalue weighted by atomic mass is 16.2. The highest BCUT2D eigenvalue weighted by Gasteiger charge is 2.38. The molecule has 0 heterocycles. The van der Waals surface area contributed by atoms with Crippen LogP contribution in [0.4, 0.5) is 0 Å². The van der Waals surface area contributed by atoms with Gasteiger partial charge < -0.3 is 27.4 Å². The first-order chi connectivity index (χ1) is 15.1. The summed E-state index contributed by atoms with van der Waals surface area (Å²) in [7, 11) is 0. The number of nitrogens with two attached hydrogens (primary N) is 2. The molecule has 32 heavy (non-hydrogen) atoms. The second kappa shape index (κ2) is 13.3. The molecule has 0 bridgehead atoms. The van der Waals surface area contributed by atoms with Crippen molar-refractivity contribution in [2.75, 3.05) is 6.54 Å². The molecular formula is C23H38N6O3. The molecule has 3 amide bonds. The Morgan fingerprint density at radius 2 is 1.66 bits per heavy atom. The lowest BCUT2D eigenvalue weighted by Crippen LogP contribution is -2.62. The summed E-state index contributed by atoms with van der Waals surface area (Å²) < 4.78 is 0. The molecule has 0 aliphatic rings. The van der Waals surface area contributed by atoms with Gasteiger partial charge in [-0.2, -0.15) is 0 Å². The van der Waals surface area contributed by atoms with Gasteiger partial charge in [-0.15, -0.1) is 0 Å². The summed E-state index contributed by atoms with van der Waals surface area (Å²) in [6.45, 7) is 7.91. The van der Waals surface area contributed by atoms with Gasteiger partial charge in [0.1, 0.15) is 11.6 Å². The monoisotopic (exact) mass is 446 g/mol. The van der Waals surface area contributed by atoms with Gasteiger partial charge in [0.05, 0.1) is 0 Å². The van der Waals surface area contributed by atoms with E-state index in [0.29, 0.717) is 38.8 Å². The van der Waals surface area contributed by atoms with Crippen LogP contribution in [0.3, 0.4) is 0 Å². The zero-order valence-electron chi connectivity index (χ0n) is 19.6. The molecule has 0 aliphatic carbocycles. The van der Waals surface area contributed by atoms with Crippen molar-refractivity contribution in [3.63, 3.8) is 0 Å². The molecule has 1 rings (SSSR count). The molecule has 0 unspecified atom stereocenters. The molecule has 0 aliphatic heterocycles. The molecule has 0 spiro atoms. The van der Waals surface area contributed by atoms with E-state index in [4.69, 9.17) is 11.5 Å². The predicted octanol–water partition coefficient (Wildman–Crippen LogP) is 1.17. The lowest BCUT2D eigenvalue weighted by atomic mass is 9.90. The Bertz CT molecular complexity index is 771. The van der Waals surface area contributed by atoms with E-state index in [2.05, 4.69) is 20.9 Å². The van der Waals surface area contributed by atoms with Gasteiger partial charge >= 0.3 is 0 Å². The first-order valence-electron chi connectivity index (χ1n) is 11.1. The van der Waals surface area contributed by atoms with Crippen LogP contribution in [-0.4, -0.2) is 41.8 Å². The van der Waals surface area contributed by atoms with E-state index in [1.807, 2.05) is 44.2 Å². The minimum atomic E-state index is -1.08. The summed E-state index contributed by atoms with van der Waals surface area (Å²) in [6.07, 6.45) is 1.66. The van der Waals surface area contributed by atoms with Crippen LogP contribution in [0, 0.1) is 5.92 Å². The van der Waals surface area contributed by atoms with Gasteiger partial charge in [0, 0.05) is 19.0 Å². The Hall–Kier alpha value is -3.10. The lowest BCUT2D eigenvalue weighted by Gasteiger charge is -2.33. The molecule has 0 saturated carbocycles. The first kappa shape index (κ1) is 26.9. The van der Waals surface area contributed by atoms with Gasteiger partial charge in [-0.1, -0.05) is 58.0 Å². The van der Waals surface area contributed by atoms with E-state index in [9.17, 15) is 14.4 Å². The third-order valence-corrected chi connectivity index (χ3v) is 5.41. The number of aliphatic imine (C=N–C) groups is 1. The van der Waals surface area contributed by atoms with Crippen molar-refractivity contribution in [1.29, 1.82) is 0 Å². The number of carbonyl (C=O) groups is 3. The van der Waals surface area contributed by atoms with Gasteiger partial charge in [-0.05, 0) is 31.2 Å². The van der Waals surface area contributed by atoms with Crippen LogP contribution in [0.2, 0.25) is 0 Å². The minimum Gasteiger partial charge on any atom is -0.370 e. The third kappa shape index (κ3) is 8.56. The van der Waals surface area contributed by atoms with Crippen LogP contribution >= 0.6 is 0 Å². The molecule has 0 fully saturated rings. The minimum absolute atomic E-state index is 0.0218. The average molecular weight is 447 g/mol. The topological polar surface area (TPSA) is 152 Å². The van der Waals surface area contributed by atoms with E-state index in [-0.39, 0.29) is 29.6 Å². The molecular weight excluding hydrogens is 408 g/mol. The highest BCUT2D eigenvalue weighted by molar-refractivity contribution is 5.95. The fourth-order valence-corrected chi connectivity index (χ4v) is 3.16. The van der Waals surface area contributed by atoms with Crippen molar-refractivity contribution in [2.45, 2.75) is 71.5 Å². The summed E-state index contributed by atoms with van der Waals surface area (Å²) in [4.78, 5) is 42.4. The van der Waals surface area contributed by atoms with Crippen LogP contribution in [-0.2, 0) is 20.9 Å². The van der Waals surface area contributed by atoms with Crippen molar-refractivity contribution >= 4 is 23.7 Å². The second-order valence-corrected chi connectivity index (χ2v) is 8.11. The Morgan fingerprint density at radius 1 is 1.03 bits per heavy atom. The van der Waals surface area contributed by atoms with Crippen molar-refractivity contribution in [3.05, 3.63) is 35.9 Å². The zero-order valence-corrected chi connectivity index (χ0v) is 19.6. The van der Waals surface area contributed by atoms with Crippen LogP contribution in [0.25, 0.3) is 0 Å². The van der Waals surface area contributed by atoms with Crippen molar-refractivity contribution in [2.24, 2.45) is 22.4 Å². The SMILES string of the molecule is CCC(CC)(NC(=O)C(C)C)C(=O)N[C@@H](CCCN=C(N)N)C(=O)NCc1ccccc1. The fourth-order valence-electron chi connectivity index (χ4n) is 3.16. The Labute approximate surface area is 190 Å². The standard InChI is InChI=1S/C23H38N6O3/c1-5-23(6-2,29-19(30)16(3)4)21(32)28-18(13-10-14-26-22(24)25)20(31)27-15-17-11-8-7-9-12-17/h7-9,11-12,16,18H,5-6,10,13-15H2,1-4H3,(H,27,31)(H,28,32)(H,29,30)(H4,24,25,26)/t18-/m0/s1. The lowest BCUT2D eigenvalue weighted by molar-refractivity contribution is -0.137. The first-order valence-corrected chi connectivity index (χ1v) is 11.1. The van der Waals surface area contributed by atoms with Gasteiger partial charge in [-0.3, -0.25) is 19.4 Å². The van der Waals surface area contributed by atoms with E-state index >= 15 is 0 Å². The smallest absolute Gasteiger partial charge is 0.246 e. The number of rotatable bonds is 13. The zero-order chi connectivity index (χ0) is 24.1. The van der Waals surface area contributed by atoms with Gasteiger partial charge in [0.2, 0.25) is 17.7 Å². The molecule has 9 heteroatoms. The van der Waals surface area contributed by atoms with Crippen molar-refractivity contribution < 1.29 is 14.4 Å². The van der Waals surface area contributed by atoms with E-state index in [1.165, 1.54) is 0 Å². The number of benzene rings is 1. The maximum Gasteiger partial charge on any atom is 0.246 e. The van der Waals surface area contributed by atoms with Gasteiger partial charge in [-0.25, -0.2) is 0 Å². The van der Waals surface area contributed by atoms with Crippen molar-refractivity contribution in [1.82, 2.24) is 16.0 Å². The number of hydrogen-bond acceptors (Lipinski definition) is 4. The maximum atomic E-state index is 13.2. The van der Waals surface area contributed by atoms with Gasteiger partial charge in [0.25, 0.3) is 0 Å². The molecule has 9 nitrogen and oxygen atoms in total. The number of amides is 3. The van der Waals surface area contributed by atoms with Crippen molar-refractivity contribution in [3.8, 4) is 0 Å². The molecule has 1 aromatic rings. The summed E-state index contributed by atoms with van der Waals surface area (Å²) in [5.41, 5.74) is 10.6.